The van der Waals surface area contributed by atoms with Gasteiger partial charge in [-0.15, -0.1) is 0 Å². The van der Waals surface area contributed by atoms with E-state index >= 15 is 0 Å². The number of carbonyl (C=O) groups is 4. The zero-order valence-electron chi connectivity index (χ0n) is 20.3. The van der Waals surface area contributed by atoms with Crippen molar-refractivity contribution in [2.45, 2.75) is 52.2 Å². The summed E-state index contributed by atoms with van der Waals surface area (Å²) in [4.78, 5) is 56.0. The summed E-state index contributed by atoms with van der Waals surface area (Å²) in [6.07, 6.45) is 1.51. The Morgan fingerprint density at radius 2 is 1.71 bits per heavy atom. The molecule has 0 aliphatic carbocycles. The Balaban J connectivity index is 1.56. The van der Waals surface area contributed by atoms with Gasteiger partial charge in [0.15, 0.2) is 6.04 Å². The molecule has 3 aliphatic rings. The van der Waals surface area contributed by atoms with Gasteiger partial charge in [0, 0.05) is 39.3 Å². The number of nitrogens with zero attached hydrogens (tertiary/aromatic N) is 4. The quantitative estimate of drug-likeness (QED) is 0.545. The molecule has 3 N–H and O–H groups in total. The van der Waals surface area contributed by atoms with Crippen LogP contribution in [0.5, 0.6) is 0 Å². The third kappa shape index (κ3) is 5.39. The molecule has 0 aromatic rings. The van der Waals surface area contributed by atoms with Crippen LogP contribution in [0.15, 0.2) is 12.4 Å². The molecule has 3 aliphatic heterocycles. The first-order valence-corrected chi connectivity index (χ1v) is 12.0. The number of aliphatic carboxylic acids is 1. The summed E-state index contributed by atoms with van der Waals surface area (Å²) in [5.41, 5.74) is 5.80. The molecule has 4 amide bonds. The van der Waals surface area contributed by atoms with Gasteiger partial charge in [-0.05, 0) is 38.0 Å². The maximum atomic E-state index is 13.0. The second-order valence-corrected chi connectivity index (χ2v) is 9.87. The topological polar surface area (TPSA) is 137 Å². The zero-order chi connectivity index (χ0) is 25.2. The van der Waals surface area contributed by atoms with Gasteiger partial charge in [0.2, 0.25) is 5.91 Å². The number of hydrogen-bond donors (Lipinski definition) is 2. The lowest BCUT2D eigenvalue weighted by Crippen LogP contribution is -2.69. The van der Waals surface area contributed by atoms with Crippen molar-refractivity contribution in [1.29, 1.82) is 0 Å². The number of nitrogens with two attached hydrogens (primary N) is 1. The molecule has 0 bridgehead atoms. The van der Waals surface area contributed by atoms with Crippen LogP contribution in [-0.4, -0.2) is 100 Å². The van der Waals surface area contributed by atoms with Crippen LogP contribution >= 0.6 is 0 Å². The predicted molar refractivity (Wildman–Crippen MR) is 123 cm³/mol. The van der Waals surface area contributed by atoms with E-state index in [-0.39, 0.29) is 44.1 Å². The van der Waals surface area contributed by atoms with Crippen molar-refractivity contribution < 1.29 is 29.0 Å². The fourth-order valence-electron chi connectivity index (χ4n) is 4.75. The molecule has 34 heavy (non-hydrogen) atoms. The summed E-state index contributed by atoms with van der Waals surface area (Å²) >= 11 is 0. The minimum absolute atomic E-state index is 0.116. The van der Waals surface area contributed by atoms with Crippen LogP contribution in [0.25, 0.3) is 0 Å². The molecule has 0 saturated carbocycles. The van der Waals surface area contributed by atoms with Crippen molar-refractivity contribution in [3.05, 3.63) is 12.4 Å². The summed E-state index contributed by atoms with van der Waals surface area (Å²) in [6.45, 7) is 11.9. The molecule has 0 radical (unpaired) electrons. The van der Waals surface area contributed by atoms with Crippen LogP contribution in [0.3, 0.4) is 0 Å². The SMILES string of the molecule is C=C(N)N1CCCC(C[C@H]2C(=O)N(C(=O)N3CCN(C(=O)OC(C)C(C)C)CC3)C2C(=O)O)C1. The highest BCUT2D eigenvalue weighted by Crippen LogP contribution is 2.36. The summed E-state index contributed by atoms with van der Waals surface area (Å²) in [6, 6.07) is -1.79. The van der Waals surface area contributed by atoms with Gasteiger partial charge in [-0.3, -0.25) is 4.79 Å². The van der Waals surface area contributed by atoms with Gasteiger partial charge in [-0.25, -0.2) is 19.3 Å². The average Bonchev–Trinajstić information content (AvgIpc) is 2.80. The number of piperidine rings is 1. The molecule has 11 heteroatoms. The number of likely N-dealkylation sites (tertiary alicyclic amines) is 2. The van der Waals surface area contributed by atoms with Gasteiger partial charge >= 0.3 is 18.1 Å². The third-order valence-electron chi connectivity index (χ3n) is 7.22. The van der Waals surface area contributed by atoms with E-state index in [4.69, 9.17) is 10.5 Å². The van der Waals surface area contributed by atoms with Crippen LogP contribution in [-0.2, 0) is 14.3 Å². The standard InChI is InChI=1S/C23H37N5O6/c1-14(2)15(3)34-23(33)26-10-8-25(9-11-26)22(32)28-19(21(30)31)18(20(28)29)12-17-6-5-7-27(13-17)16(4)24/h14-15,17-19H,4-13,24H2,1-3H3,(H,30,31)/t15?,17?,18-,19?/m1/s1. The number of carboxylic acids is 1. The predicted octanol–water partition coefficient (Wildman–Crippen LogP) is 1.35. The molecule has 190 valence electrons. The van der Waals surface area contributed by atoms with Crippen molar-refractivity contribution in [3.63, 3.8) is 0 Å². The number of rotatable bonds is 6. The Bertz CT molecular complexity index is 825. The van der Waals surface area contributed by atoms with Crippen LogP contribution in [0.4, 0.5) is 9.59 Å². The monoisotopic (exact) mass is 479 g/mol. The van der Waals surface area contributed by atoms with E-state index < -0.39 is 36.0 Å². The number of urea groups is 1. The van der Waals surface area contributed by atoms with Crippen LogP contribution in [0, 0.1) is 17.8 Å². The van der Waals surface area contributed by atoms with Crippen molar-refractivity contribution in [3.8, 4) is 0 Å². The van der Waals surface area contributed by atoms with E-state index in [1.165, 1.54) is 9.80 Å². The Morgan fingerprint density at radius 1 is 1.09 bits per heavy atom. The fraction of sp³-hybridized carbons (Fsp3) is 0.739. The van der Waals surface area contributed by atoms with Crippen molar-refractivity contribution in [2.24, 2.45) is 23.5 Å². The van der Waals surface area contributed by atoms with Gasteiger partial charge in [-0.1, -0.05) is 20.4 Å². The molecule has 0 spiro atoms. The molecule has 4 atom stereocenters. The number of hydrogen-bond acceptors (Lipinski definition) is 7. The van der Waals surface area contributed by atoms with Crippen LogP contribution in [0.2, 0.25) is 0 Å². The lowest BCUT2D eigenvalue weighted by molar-refractivity contribution is -0.167. The van der Waals surface area contributed by atoms with Gasteiger partial charge < -0.3 is 30.3 Å². The van der Waals surface area contributed by atoms with E-state index in [2.05, 4.69) is 6.58 Å². The summed E-state index contributed by atoms with van der Waals surface area (Å²) in [5.74, 6) is -1.59. The molecule has 3 rings (SSSR count). The molecular weight excluding hydrogens is 442 g/mol. The van der Waals surface area contributed by atoms with E-state index in [1.54, 1.807) is 0 Å². The first-order valence-electron chi connectivity index (χ1n) is 12.0. The Morgan fingerprint density at radius 3 is 2.26 bits per heavy atom. The van der Waals surface area contributed by atoms with Crippen molar-refractivity contribution >= 4 is 24.0 Å². The highest BCUT2D eigenvalue weighted by molar-refractivity contribution is 6.07. The van der Waals surface area contributed by atoms with Crippen molar-refractivity contribution in [2.75, 3.05) is 39.3 Å². The van der Waals surface area contributed by atoms with Gasteiger partial charge in [0.25, 0.3) is 0 Å². The van der Waals surface area contributed by atoms with Crippen molar-refractivity contribution in [1.82, 2.24) is 19.6 Å². The van der Waals surface area contributed by atoms with E-state index in [9.17, 15) is 24.3 Å². The maximum Gasteiger partial charge on any atom is 0.410 e. The van der Waals surface area contributed by atoms with E-state index in [0.29, 0.717) is 18.8 Å². The Kier molecular flexibility index (Phi) is 7.93. The Labute approximate surface area is 200 Å². The maximum absolute atomic E-state index is 13.0. The summed E-state index contributed by atoms with van der Waals surface area (Å²) in [5, 5.41) is 9.77. The second kappa shape index (κ2) is 10.5. The molecule has 3 saturated heterocycles. The zero-order valence-corrected chi connectivity index (χ0v) is 20.3. The average molecular weight is 480 g/mol. The largest absolute Gasteiger partial charge is 0.480 e. The molecule has 3 heterocycles. The van der Waals surface area contributed by atoms with Crippen LogP contribution < -0.4 is 5.73 Å². The normalized spacial score (nSPS) is 26.2. The number of ether oxygens (including phenoxy) is 1. The fourth-order valence-corrected chi connectivity index (χ4v) is 4.75. The summed E-state index contributed by atoms with van der Waals surface area (Å²) < 4.78 is 5.43. The first-order chi connectivity index (χ1) is 16.0. The molecule has 3 fully saturated rings. The van der Waals surface area contributed by atoms with Gasteiger partial charge in [0.1, 0.15) is 6.10 Å². The molecule has 11 nitrogen and oxygen atoms in total. The summed E-state index contributed by atoms with van der Waals surface area (Å²) in [7, 11) is 0. The smallest absolute Gasteiger partial charge is 0.410 e. The number of piperazine rings is 1. The van der Waals surface area contributed by atoms with Crippen LogP contribution in [0.1, 0.15) is 40.0 Å². The number of carboxylic acid groups (broad SMARTS) is 1. The molecule has 0 aromatic heterocycles. The number of β-lactam (4-membered cyclic amide) rings is 1. The minimum atomic E-state index is -1.18. The number of amides is 4. The number of imide groups is 1. The van der Waals surface area contributed by atoms with Gasteiger partial charge in [0.05, 0.1) is 11.7 Å². The lowest BCUT2D eigenvalue weighted by Gasteiger charge is -2.47. The molecule has 3 unspecified atom stereocenters. The molecule has 0 aromatic carbocycles. The van der Waals surface area contributed by atoms with E-state index in [1.807, 2.05) is 25.7 Å². The highest BCUT2D eigenvalue weighted by Gasteiger charge is 2.56. The molecular formula is C23H37N5O6. The highest BCUT2D eigenvalue weighted by atomic mass is 16.6. The number of carbonyl (C=O) groups excluding carboxylic acids is 3. The Hall–Kier alpha value is -2.98. The minimum Gasteiger partial charge on any atom is -0.480 e. The third-order valence-corrected chi connectivity index (χ3v) is 7.22. The first kappa shape index (κ1) is 25.6. The van der Waals surface area contributed by atoms with E-state index in [0.717, 1.165) is 24.3 Å². The second-order valence-electron chi connectivity index (χ2n) is 9.87. The van der Waals surface area contributed by atoms with Gasteiger partial charge in [-0.2, -0.15) is 0 Å². The lowest BCUT2D eigenvalue weighted by atomic mass is 9.78.